The molecule has 3 nitrogen and oxygen atoms in total. The Morgan fingerprint density at radius 2 is 2.11 bits per heavy atom. The third kappa shape index (κ3) is 5.81. The first-order chi connectivity index (χ1) is 9.06. The van der Waals surface area contributed by atoms with E-state index in [1.807, 2.05) is 25.1 Å². The van der Waals surface area contributed by atoms with Gasteiger partial charge in [0.15, 0.2) is 0 Å². The van der Waals surface area contributed by atoms with Gasteiger partial charge in [-0.25, -0.2) is 0 Å². The molecule has 0 aliphatic heterocycles. The molecule has 4 heteroatoms. The largest absolute Gasteiger partial charge is 0.489 e. The molecule has 19 heavy (non-hydrogen) atoms. The van der Waals surface area contributed by atoms with E-state index < -0.39 is 0 Å². The third-order valence-electron chi connectivity index (χ3n) is 3.08. The molecule has 2 atom stereocenters. The van der Waals surface area contributed by atoms with E-state index in [0.717, 1.165) is 30.6 Å². The normalized spacial score (nSPS) is 14.2. The fraction of sp³-hybridized carbons (Fsp3) is 0.600. The average Bonchev–Trinajstić information content (AvgIpc) is 2.39. The van der Waals surface area contributed by atoms with Gasteiger partial charge in [-0.3, -0.25) is 0 Å². The molecule has 0 saturated heterocycles. The van der Waals surface area contributed by atoms with Crippen molar-refractivity contribution in [1.82, 2.24) is 0 Å². The van der Waals surface area contributed by atoms with Gasteiger partial charge in [0, 0.05) is 26.2 Å². The second-order valence-electron chi connectivity index (χ2n) is 4.85. The Kier molecular flexibility index (Phi) is 7.21. The highest BCUT2D eigenvalue weighted by Gasteiger charge is 2.09. The summed E-state index contributed by atoms with van der Waals surface area (Å²) in [6.07, 6.45) is 2.73. The maximum atomic E-state index is 6.24. The van der Waals surface area contributed by atoms with Crippen LogP contribution in [0.5, 0.6) is 5.75 Å². The Morgan fingerprint density at radius 3 is 2.68 bits per heavy atom. The van der Waals surface area contributed by atoms with Crippen molar-refractivity contribution in [1.29, 1.82) is 0 Å². The highest BCUT2D eigenvalue weighted by Crippen LogP contribution is 2.27. The molecule has 1 aromatic rings. The minimum atomic E-state index is 0.0844. The van der Waals surface area contributed by atoms with Crippen LogP contribution in [0.1, 0.15) is 32.3 Å². The third-order valence-corrected chi connectivity index (χ3v) is 3.37. The van der Waals surface area contributed by atoms with Crippen molar-refractivity contribution in [3.63, 3.8) is 0 Å². The quantitative estimate of drug-likeness (QED) is 0.796. The van der Waals surface area contributed by atoms with Gasteiger partial charge in [-0.2, -0.15) is 0 Å². The highest BCUT2D eigenvalue weighted by molar-refractivity contribution is 6.32. The van der Waals surface area contributed by atoms with Gasteiger partial charge in [0.25, 0.3) is 0 Å². The average molecular weight is 286 g/mol. The van der Waals surface area contributed by atoms with Crippen molar-refractivity contribution in [2.24, 2.45) is 5.73 Å². The summed E-state index contributed by atoms with van der Waals surface area (Å²) < 4.78 is 10.8. The number of methoxy groups -OCH3 is 1. The van der Waals surface area contributed by atoms with Crippen molar-refractivity contribution in [2.75, 3.05) is 13.7 Å². The van der Waals surface area contributed by atoms with E-state index >= 15 is 0 Å². The Hall–Kier alpha value is -0.770. The second-order valence-corrected chi connectivity index (χ2v) is 5.25. The fourth-order valence-corrected chi connectivity index (χ4v) is 2.02. The Labute approximate surface area is 121 Å². The second kappa shape index (κ2) is 8.41. The molecule has 2 unspecified atom stereocenters. The summed E-state index contributed by atoms with van der Waals surface area (Å²) in [4.78, 5) is 0. The molecule has 1 rings (SSSR count). The number of benzene rings is 1. The molecule has 0 saturated carbocycles. The lowest BCUT2D eigenvalue weighted by molar-refractivity contribution is 0.135. The SMILES string of the molecule is CCC(N)Cc1ccc(OC(C)CCOC)c(Cl)c1. The maximum absolute atomic E-state index is 6.24. The molecular weight excluding hydrogens is 262 g/mol. The standard InChI is InChI=1S/C15H24ClNO2/c1-4-13(17)9-12-5-6-15(14(16)10-12)19-11(2)7-8-18-3/h5-6,10-11,13H,4,7-9,17H2,1-3H3. The van der Waals surface area contributed by atoms with Crippen molar-refractivity contribution in [2.45, 2.75) is 45.3 Å². The van der Waals surface area contributed by atoms with Crippen LogP contribution in [0.4, 0.5) is 0 Å². The number of ether oxygens (including phenoxy) is 2. The van der Waals surface area contributed by atoms with Crippen LogP contribution in [-0.4, -0.2) is 25.9 Å². The first-order valence-corrected chi connectivity index (χ1v) is 7.14. The maximum Gasteiger partial charge on any atom is 0.138 e. The number of hydrogen-bond acceptors (Lipinski definition) is 3. The lowest BCUT2D eigenvalue weighted by atomic mass is 10.0. The molecule has 2 N–H and O–H groups in total. The zero-order valence-corrected chi connectivity index (χ0v) is 12.7. The van der Waals surface area contributed by atoms with Crippen molar-refractivity contribution in [3.05, 3.63) is 28.8 Å². The zero-order valence-electron chi connectivity index (χ0n) is 12.0. The van der Waals surface area contributed by atoms with Crippen LogP contribution in [0.25, 0.3) is 0 Å². The van der Waals surface area contributed by atoms with E-state index in [1.54, 1.807) is 7.11 Å². The predicted octanol–water partition coefficient (Wildman–Crippen LogP) is 3.42. The lowest BCUT2D eigenvalue weighted by Crippen LogP contribution is -2.21. The summed E-state index contributed by atoms with van der Waals surface area (Å²) >= 11 is 6.24. The summed E-state index contributed by atoms with van der Waals surface area (Å²) in [5.41, 5.74) is 7.09. The fourth-order valence-electron chi connectivity index (χ4n) is 1.77. The molecule has 0 amide bonds. The van der Waals surface area contributed by atoms with Gasteiger partial charge in [-0.05, 0) is 37.5 Å². The molecule has 0 radical (unpaired) electrons. The summed E-state index contributed by atoms with van der Waals surface area (Å²) in [6, 6.07) is 6.07. The van der Waals surface area contributed by atoms with Gasteiger partial charge in [0.05, 0.1) is 11.1 Å². The number of rotatable bonds is 8. The molecular formula is C15H24ClNO2. The van der Waals surface area contributed by atoms with Crippen LogP contribution in [0.15, 0.2) is 18.2 Å². The van der Waals surface area contributed by atoms with Crippen molar-refractivity contribution >= 4 is 11.6 Å². The molecule has 0 bridgehead atoms. The lowest BCUT2D eigenvalue weighted by Gasteiger charge is -2.16. The first-order valence-electron chi connectivity index (χ1n) is 6.76. The Bertz CT molecular complexity index is 384. The van der Waals surface area contributed by atoms with Gasteiger partial charge in [0.2, 0.25) is 0 Å². The molecule has 108 valence electrons. The minimum absolute atomic E-state index is 0.0844. The van der Waals surface area contributed by atoms with Crippen LogP contribution in [0.2, 0.25) is 5.02 Å². The van der Waals surface area contributed by atoms with Crippen molar-refractivity contribution < 1.29 is 9.47 Å². The van der Waals surface area contributed by atoms with E-state index in [4.69, 9.17) is 26.8 Å². The molecule has 0 spiro atoms. The smallest absolute Gasteiger partial charge is 0.138 e. The van der Waals surface area contributed by atoms with E-state index in [9.17, 15) is 0 Å². The van der Waals surface area contributed by atoms with E-state index in [1.165, 1.54) is 0 Å². The van der Waals surface area contributed by atoms with Gasteiger partial charge < -0.3 is 15.2 Å². The number of hydrogen-bond donors (Lipinski definition) is 1. The Morgan fingerprint density at radius 1 is 1.37 bits per heavy atom. The van der Waals surface area contributed by atoms with Crippen LogP contribution in [-0.2, 0) is 11.2 Å². The van der Waals surface area contributed by atoms with E-state index in [0.29, 0.717) is 11.6 Å². The van der Waals surface area contributed by atoms with Crippen LogP contribution >= 0.6 is 11.6 Å². The first kappa shape index (κ1) is 16.3. The minimum Gasteiger partial charge on any atom is -0.489 e. The Balaban J connectivity index is 2.61. The predicted molar refractivity (Wildman–Crippen MR) is 80.0 cm³/mol. The monoisotopic (exact) mass is 285 g/mol. The van der Waals surface area contributed by atoms with Gasteiger partial charge >= 0.3 is 0 Å². The summed E-state index contributed by atoms with van der Waals surface area (Å²) in [5.74, 6) is 0.721. The highest BCUT2D eigenvalue weighted by atomic mass is 35.5. The molecule has 0 fully saturated rings. The van der Waals surface area contributed by atoms with Gasteiger partial charge in [-0.1, -0.05) is 24.6 Å². The number of halogens is 1. The van der Waals surface area contributed by atoms with Gasteiger partial charge in [0.1, 0.15) is 5.75 Å². The van der Waals surface area contributed by atoms with Crippen molar-refractivity contribution in [3.8, 4) is 5.75 Å². The molecule has 0 aromatic heterocycles. The molecule has 0 heterocycles. The number of nitrogens with two attached hydrogens (primary N) is 1. The van der Waals surface area contributed by atoms with Crippen LogP contribution in [0, 0.1) is 0 Å². The van der Waals surface area contributed by atoms with Gasteiger partial charge in [-0.15, -0.1) is 0 Å². The van der Waals surface area contributed by atoms with Crippen LogP contribution < -0.4 is 10.5 Å². The topological polar surface area (TPSA) is 44.5 Å². The summed E-state index contributed by atoms with van der Waals surface area (Å²) in [5, 5.41) is 0.644. The summed E-state index contributed by atoms with van der Waals surface area (Å²) in [6.45, 7) is 4.78. The molecule has 0 aliphatic carbocycles. The summed E-state index contributed by atoms with van der Waals surface area (Å²) in [7, 11) is 1.69. The zero-order chi connectivity index (χ0) is 14.3. The van der Waals surface area contributed by atoms with E-state index in [2.05, 4.69) is 6.92 Å². The molecule has 0 aliphatic rings. The van der Waals surface area contributed by atoms with Crippen LogP contribution in [0.3, 0.4) is 0 Å². The van der Waals surface area contributed by atoms with E-state index in [-0.39, 0.29) is 12.1 Å². The molecule has 1 aromatic carbocycles.